The molecule has 3 aromatic rings. The van der Waals surface area contributed by atoms with Gasteiger partial charge in [-0.05, 0) is 13.0 Å². The number of ether oxygens (including phenoxy) is 1. The number of nitrogens with one attached hydrogen (secondary N) is 1. The molecule has 0 spiro atoms. The number of benzene rings is 2. The lowest BCUT2D eigenvalue weighted by Gasteiger charge is -2.12. The van der Waals surface area contributed by atoms with Crippen LogP contribution >= 0.6 is 0 Å². The second-order valence-corrected chi connectivity index (χ2v) is 5.85. The molecule has 2 aromatic carbocycles. The Hall–Kier alpha value is -3.41. The fourth-order valence-electron chi connectivity index (χ4n) is 3.20. The Kier molecular flexibility index (Phi) is 4.01. The Bertz CT molecular complexity index is 1040. The van der Waals surface area contributed by atoms with Gasteiger partial charge in [0.1, 0.15) is 12.2 Å². The maximum absolute atomic E-state index is 12.7. The average Bonchev–Trinajstić information content (AvgIpc) is 2.87. The number of para-hydroxylation sites is 1. The van der Waals surface area contributed by atoms with Gasteiger partial charge in [-0.1, -0.05) is 48.5 Å². The number of aliphatic imine (C=N–C) groups is 1. The summed E-state index contributed by atoms with van der Waals surface area (Å²) in [6.45, 7) is 2.01. The summed E-state index contributed by atoms with van der Waals surface area (Å²) in [6, 6.07) is 16.9. The lowest BCUT2D eigenvalue weighted by molar-refractivity contribution is -0.114. The van der Waals surface area contributed by atoms with Gasteiger partial charge in [0.25, 0.3) is 0 Å². The Morgan fingerprint density at radius 3 is 2.65 bits per heavy atom. The number of carbonyl (C=O) groups excluding carboxylic acids is 2. The molecule has 1 N–H and O–H groups in total. The second-order valence-electron chi connectivity index (χ2n) is 5.85. The molecule has 6 heteroatoms. The van der Waals surface area contributed by atoms with Gasteiger partial charge in [-0.2, -0.15) is 0 Å². The van der Waals surface area contributed by atoms with E-state index in [0.717, 1.165) is 10.9 Å². The highest BCUT2D eigenvalue weighted by molar-refractivity contribution is 6.24. The summed E-state index contributed by atoms with van der Waals surface area (Å²) in [5.41, 5.74) is 3.21. The second kappa shape index (κ2) is 6.48. The average molecular weight is 347 g/mol. The van der Waals surface area contributed by atoms with Gasteiger partial charge in [-0.15, -0.1) is 0 Å². The van der Waals surface area contributed by atoms with Crippen molar-refractivity contribution in [2.45, 2.75) is 6.92 Å². The number of hydrogen-bond donors (Lipinski definition) is 1. The van der Waals surface area contributed by atoms with E-state index in [2.05, 4.69) is 10.3 Å². The summed E-state index contributed by atoms with van der Waals surface area (Å²) in [4.78, 5) is 29.5. The van der Waals surface area contributed by atoms with Crippen LogP contribution in [0.3, 0.4) is 0 Å². The van der Waals surface area contributed by atoms with Crippen molar-refractivity contribution in [3.8, 4) is 0 Å². The van der Waals surface area contributed by atoms with Crippen molar-refractivity contribution in [2.75, 3.05) is 18.5 Å². The van der Waals surface area contributed by atoms with Gasteiger partial charge >= 0.3 is 6.09 Å². The number of anilines is 1. The van der Waals surface area contributed by atoms with Gasteiger partial charge in [0.2, 0.25) is 5.91 Å². The molecule has 6 nitrogen and oxygen atoms in total. The lowest BCUT2D eigenvalue weighted by atomic mass is 10.1. The Morgan fingerprint density at radius 2 is 1.88 bits per heavy atom. The summed E-state index contributed by atoms with van der Waals surface area (Å²) in [7, 11) is 0. The summed E-state index contributed by atoms with van der Waals surface area (Å²) in [5.74, 6) is -0.219. The van der Waals surface area contributed by atoms with Gasteiger partial charge in [-0.3, -0.25) is 9.79 Å². The van der Waals surface area contributed by atoms with Crippen LogP contribution < -0.4 is 5.32 Å². The van der Waals surface area contributed by atoms with Gasteiger partial charge in [0, 0.05) is 10.9 Å². The van der Waals surface area contributed by atoms with Crippen molar-refractivity contribution in [1.82, 2.24) is 4.57 Å². The van der Waals surface area contributed by atoms with E-state index in [1.54, 1.807) is 6.92 Å². The molecule has 0 saturated carbocycles. The largest absolute Gasteiger partial charge is 0.449 e. The van der Waals surface area contributed by atoms with Gasteiger partial charge in [-0.25, -0.2) is 9.36 Å². The molecule has 1 aliphatic heterocycles. The number of amides is 1. The predicted molar refractivity (Wildman–Crippen MR) is 99.9 cm³/mol. The first-order chi connectivity index (χ1) is 12.7. The molecule has 26 heavy (non-hydrogen) atoms. The first-order valence-corrected chi connectivity index (χ1v) is 8.41. The van der Waals surface area contributed by atoms with Crippen LogP contribution in [0.1, 0.15) is 18.2 Å². The predicted octanol–water partition coefficient (Wildman–Crippen LogP) is 3.44. The Morgan fingerprint density at radius 1 is 1.15 bits per heavy atom. The van der Waals surface area contributed by atoms with Crippen LogP contribution in [-0.2, 0) is 9.53 Å². The van der Waals surface area contributed by atoms with E-state index >= 15 is 0 Å². The van der Waals surface area contributed by atoms with Crippen molar-refractivity contribution in [3.63, 3.8) is 0 Å². The minimum Gasteiger partial charge on any atom is -0.449 e. The van der Waals surface area contributed by atoms with Gasteiger partial charge in [0.05, 0.1) is 23.5 Å². The molecule has 0 aliphatic carbocycles. The topological polar surface area (TPSA) is 72.7 Å². The van der Waals surface area contributed by atoms with E-state index in [0.29, 0.717) is 22.6 Å². The number of carbonyl (C=O) groups is 2. The molecule has 2 heterocycles. The van der Waals surface area contributed by atoms with Crippen LogP contribution in [-0.4, -0.2) is 35.4 Å². The van der Waals surface area contributed by atoms with Crippen molar-refractivity contribution in [1.29, 1.82) is 0 Å². The quantitative estimate of drug-likeness (QED) is 0.772. The summed E-state index contributed by atoms with van der Waals surface area (Å²) < 4.78 is 6.76. The molecule has 0 atom stereocenters. The minimum atomic E-state index is -0.496. The normalized spacial score (nSPS) is 13.6. The zero-order valence-corrected chi connectivity index (χ0v) is 14.2. The number of aromatic nitrogens is 1. The van der Waals surface area contributed by atoms with E-state index in [1.165, 1.54) is 4.57 Å². The third-order valence-electron chi connectivity index (χ3n) is 4.24. The SMILES string of the molecule is CCOC(=O)n1c2c(c3ccccc31)NC(=O)CN=C2c1ccccc1. The third kappa shape index (κ3) is 2.56. The fourth-order valence-corrected chi connectivity index (χ4v) is 3.20. The number of nitrogens with zero attached hydrogens (tertiary/aromatic N) is 2. The summed E-state index contributed by atoms with van der Waals surface area (Å²) in [6.07, 6.45) is -0.496. The Labute approximate surface area is 150 Å². The van der Waals surface area contributed by atoms with Crippen LogP contribution in [0.2, 0.25) is 0 Å². The summed E-state index contributed by atoms with van der Waals surface area (Å²) >= 11 is 0. The third-order valence-corrected chi connectivity index (χ3v) is 4.24. The first kappa shape index (κ1) is 16.1. The molecule has 0 fully saturated rings. The molecule has 4 rings (SSSR count). The number of fused-ring (bicyclic) bond motifs is 3. The molecular weight excluding hydrogens is 330 g/mol. The van der Waals surface area contributed by atoms with Crippen LogP contribution in [0.25, 0.3) is 10.9 Å². The lowest BCUT2D eigenvalue weighted by Crippen LogP contribution is -2.20. The monoisotopic (exact) mass is 347 g/mol. The van der Waals surface area contributed by atoms with Crippen molar-refractivity contribution >= 4 is 34.3 Å². The van der Waals surface area contributed by atoms with Crippen LogP contribution in [0.4, 0.5) is 10.5 Å². The highest BCUT2D eigenvalue weighted by atomic mass is 16.5. The molecule has 0 saturated heterocycles. The van der Waals surface area contributed by atoms with E-state index in [-0.39, 0.29) is 19.1 Å². The van der Waals surface area contributed by atoms with Crippen molar-refractivity contribution < 1.29 is 14.3 Å². The molecule has 0 unspecified atom stereocenters. The van der Waals surface area contributed by atoms with Crippen LogP contribution in [0.15, 0.2) is 59.6 Å². The zero-order chi connectivity index (χ0) is 18.1. The van der Waals surface area contributed by atoms with Gasteiger partial charge < -0.3 is 10.1 Å². The van der Waals surface area contributed by atoms with E-state index in [4.69, 9.17) is 4.74 Å². The van der Waals surface area contributed by atoms with Crippen LogP contribution in [0, 0.1) is 0 Å². The van der Waals surface area contributed by atoms with Crippen molar-refractivity contribution in [2.24, 2.45) is 4.99 Å². The Balaban J connectivity index is 2.07. The van der Waals surface area contributed by atoms with Gasteiger partial charge in [0.15, 0.2) is 0 Å². The standard InChI is InChI=1S/C20H17N3O3/c1-2-26-20(25)23-15-11-7-6-10-14(15)18-19(23)17(21-12-16(24)22-18)13-8-4-3-5-9-13/h3-11H,2,12H2,1H3,(H,22,24). The highest BCUT2D eigenvalue weighted by Gasteiger charge is 2.29. The molecule has 0 radical (unpaired) electrons. The minimum absolute atomic E-state index is 0.00391. The molecule has 1 aromatic heterocycles. The zero-order valence-electron chi connectivity index (χ0n) is 14.2. The smallest absolute Gasteiger partial charge is 0.419 e. The highest BCUT2D eigenvalue weighted by Crippen LogP contribution is 2.34. The maximum Gasteiger partial charge on any atom is 0.419 e. The number of rotatable bonds is 2. The van der Waals surface area contributed by atoms with Crippen molar-refractivity contribution in [3.05, 3.63) is 65.9 Å². The first-order valence-electron chi connectivity index (χ1n) is 8.41. The van der Waals surface area contributed by atoms with E-state index in [1.807, 2.05) is 54.6 Å². The molecule has 130 valence electrons. The maximum atomic E-state index is 12.7. The van der Waals surface area contributed by atoms with E-state index < -0.39 is 6.09 Å². The fraction of sp³-hybridized carbons (Fsp3) is 0.150. The molecule has 1 aliphatic rings. The molecular formula is C20H17N3O3. The van der Waals surface area contributed by atoms with Crippen LogP contribution in [0.5, 0.6) is 0 Å². The molecule has 0 bridgehead atoms. The molecule has 1 amide bonds. The summed E-state index contributed by atoms with van der Waals surface area (Å²) in [5, 5.41) is 3.67. The number of hydrogen-bond acceptors (Lipinski definition) is 4. The van der Waals surface area contributed by atoms with E-state index in [9.17, 15) is 9.59 Å².